The molecule has 0 amide bonds. The first-order chi connectivity index (χ1) is 11.3. The first-order valence-corrected chi connectivity index (χ1v) is 8.55. The Hall–Kier alpha value is -2.16. The summed E-state index contributed by atoms with van der Waals surface area (Å²) in [6.07, 6.45) is 0. The molecule has 2 aromatic rings. The molecule has 0 aliphatic rings. The lowest BCUT2D eigenvalue weighted by molar-refractivity contribution is -0.114. The van der Waals surface area contributed by atoms with Crippen LogP contribution in [0.1, 0.15) is 35.5 Å². The maximum Gasteiger partial charge on any atom is 0.162 e. The molecule has 1 heterocycles. The van der Waals surface area contributed by atoms with Crippen molar-refractivity contribution in [1.82, 2.24) is 4.98 Å². The number of Topliss-reactive ketones (excluding diaryl/α,β-unsaturated/α-hetero) is 2. The summed E-state index contributed by atoms with van der Waals surface area (Å²) >= 11 is 7.14. The second-order valence-corrected chi connectivity index (χ2v) is 6.69. The SMILES string of the molecule is CC(=O)CSc1nc(C)c(C(C)=O)c(-c2ccc(Cl)cc2)c1C#N. The minimum Gasteiger partial charge on any atom is -0.299 e. The number of pyridine rings is 1. The molecule has 1 aromatic heterocycles. The molecule has 0 radical (unpaired) electrons. The molecule has 0 unspecified atom stereocenters. The van der Waals surface area contributed by atoms with E-state index in [4.69, 9.17) is 11.6 Å². The van der Waals surface area contributed by atoms with Gasteiger partial charge >= 0.3 is 0 Å². The zero-order valence-electron chi connectivity index (χ0n) is 13.5. The number of hydrogen-bond donors (Lipinski definition) is 0. The number of nitriles is 1. The minimum atomic E-state index is -0.162. The van der Waals surface area contributed by atoms with Gasteiger partial charge in [-0.15, -0.1) is 0 Å². The van der Waals surface area contributed by atoms with Crippen molar-refractivity contribution in [2.75, 3.05) is 5.75 Å². The van der Waals surface area contributed by atoms with Gasteiger partial charge in [0, 0.05) is 16.1 Å². The number of nitrogens with zero attached hydrogens (tertiary/aromatic N) is 2. The molecule has 0 fully saturated rings. The second-order valence-electron chi connectivity index (χ2n) is 5.29. The highest BCUT2D eigenvalue weighted by atomic mass is 35.5. The molecule has 0 saturated carbocycles. The largest absolute Gasteiger partial charge is 0.299 e. The van der Waals surface area contributed by atoms with E-state index in [9.17, 15) is 14.9 Å². The Labute approximate surface area is 149 Å². The third kappa shape index (κ3) is 3.84. The summed E-state index contributed by atoms with van der Waals surface area (Å²) in [6, 6.07) is 9.10. The van der Waals surface area contributed by atoms with Crippen molar-refractivity contribution in [1.29, 1.82) is 5.26 Å². The van der Waals surface area contributed by atoms with E-state index in [1.165, 1.54) is 25.6 Å². The predicted octanol–water partition coefficient (Wildman–Crippen LogP) is 4.47. The molecule has 122 valence electrons. The molecule has 0 aliphatic heterocycles. The van der Waals surface area contributed by atoms with Crippen molar-refractivity contribution < 1.29 is 9.59 Å². The average Bonchev–Trinajstić information content (AvgIpc) is 2.52. The fraction of sp³-hybridized carbons (Fsp3) is 0.222. The minimum absolute atomic E-state index is 0.00738. The van der Waals surface area contributed by atoms with Crippen LogP contribution >= 0.6 is 23.4 Å². The first kappa shape index (κ1) is 18.2. The van der Waals surface area contributed by atoms with Crippen molar-refractivity contribution in [3.8, 4) is 17.2 Å². The summed E-state index contributed by atoms with van der Waals surface area (Å²) in [5.41, 5.74) is 2.52. The van der Waals surface area contributed by atoms with Gasteiger partial charge in [-0.25, -0.2) is 4.98 Å². The van der Waals surface area contributed by atoms with Crippen LogP contribution in [0.3, 0.4) is 0 Å². The van der Waals surface area contributed by atoms with E-state index in [-0.39, 0.29) is 17.3 Å². The van der Waals surface area contributed by atoms with E-state index in [1.807, 2.05) is 0 Å². The molecule has 0 spiro atoms. The maximum absolute atomic E-state index is 12.1. The van der Waals surface area contributed by atoms with Gasteiger partial charge in [0.2, 0.25) is 0 Å². The lowest BCUT2D eigenvalue weighted by Crippen LogP contribution is -2.07. The zero-order chi connectivity index (χ0) is 17.9. The van der Waals surface area contributed by atoms with Crippen LogP contribution in [-0.4, -0.2) is 22.3 Å². The number of aromatic nitrogens is 1. The highest BCUT2D eigenvalue weighted by Crippen LogP contribution is 2.35. The van der Waals surface area contributed by atoms with Crippen molar-refractivity contribution in [3.05, 3.63) is 46.1 Å². The molecule has 0 atom stereocenters. The van der Waals surface area contributed by atoms with Gasteiger partial charge in [0.05, 0.1) is 17.0 Å². The van der Waals surface area contributed by atoms with Crippen LogP contribution in [0, 0.1) is 18.3 Å². The Bertz CT molecular complexity index is 855. The third-order valence-corrected chi connectivity index (χ3v) is 4.73. The summed E-state index contributed by atoms with van der Waals surface area (Å²) in [5.74, 6) is 0.0530. The van der Waals surface area contributed by atoms with Gasteiger partial charge in [-0.3, -0.25) is 9.59 Å². The van der Waals surface area contributed by atoms with Gasteiger partial charge in [-0.05, 0) is 38.5 Å². The molecular weight excluding hydrogens is 344 g/mol. The number of thioether (sulfide) groups is 1. The van der Waals surface area contributed by atoms with Crippen molar-refractivity contribution in [3.63, 3.8) is 0 Å². The van der Waals surface area contributed by atoms with Gasteiger partial charge in [0.25, 0.3) is 0 Å². The van der Waals surface area contributed by atoms with Crippen molar-refractivity contribution >= 4 is 34.9 Å². The molecule has 6 heteroatoms. The Morgan fingerprint density at radius 2 is 1.88 bits per heavy atom. The van der Waals surface area contributed by atoms with Gasteiger partial charge < -0.3 is 0 Å². The summed E-state index contributed by atoms with van der Waals surface area (Å²) in [5, 5.41) is 10.7. The van der Waals surface area contributed by atoms with Crippen LogP contribution in [0.4, 0.5) is 0 Å². The number of hydrogen-bond acceptors (Lipinski definition) is 5. The fourth-order valence-corrected chi connectivity index (χ4v) is 3.35. The van der Waals surface area contributed by atoms with E-state index in [2.05, 4.69) is 11.1 Å². The Balaban J connectivity index is 2.76. The summed E-state index contributed by atoms with van der Waals surface area (Å²) in [7, 11) is 0. The van der Waals surface area contributed by atoms with Gasteiger partial charge in [0.1, 0.15) is 16.9 Å². The number of ketones is 2. The molecule has 0 aliphatic carbocycles. The summed E-state index contributed by atoms with van der Waals surface area (Å²) < 4.78 is 0. The Morgan fingerprint density at radius 1 is 1.25 bits per heavy atom. The first-order valence-electron chi connectivity index (χ1n) is 7.19. The fourth-order valence-electron chi connectivity index (χ4n) is 2.39. The lowest BCUT2D eigenvalue weighted by atomic mass is 9.93. The standard InChI is InChI=1S/C18H15ClN2O2S/c1-10(22)9-24-18-15(8-20)17(13-4-6-14(19)7-5-13)16(12(3)23)11(2)21-18/h4-7H,9H2,1-3H3. The van der Waals surface area contributed by atoms with Crippen LogP contribution in [0.5, 0.6) is 0 Å². The predicted molar refractivity (Wildman–Crippen MR) is 95.5 cm³/mol. The third-order valence-electron chi connectivity index (χ3n) is 3.35. The molecule has 1 aromatic carbocycles. The summed E-state index contributed by atoms with van der Waals surface area (Å²) in [6.45, 7) is 4.66. The smallest absolute Gasteiger partial charge is 0.162 e. The number of aryl methyl sites for hydroxylation is 1. The van der Waals surface area contributed by atoms with E-state index in [0.29, 0.717) is 32.4 Å². The normalized spacial score (nSPS) is 10.3. The van der Waals surface area contributed by atoms with E-state index in [0.717, 1.165) is 5.56 Å². The monoisotopic (exact) mass is 358 g/mol. The molecule has 4 nitrogen and oxygen atoms in total. The molecular formula is C18H15ClN2O2S. The van der Waals surface area contributed by atoms with Crippen LogP contribution in [0.25, 0.3) is 11.1 Å². The van der Waals surface area contributed by atoms with Crippen LogP contribution in [-0.2, 0) is 4.79 Å². The van der Waals surface area contributed by atoms with E-state index < -0.39 is 0 Å². The quantitative estimate of drug-likeness (QED) is 0.582. The average molecular weight is 359 g/mol. The lowest BCUT2D eigenvalue weighted by Gasteiger charge is -2.15. The van der Waals surface area contributed by atoms with Crippen LogP contribution in [0.15, 0.2) is 29.3 Å². The molecule has 0 saturated heterocycles. The highest BCUT2D eigenvalue weighted by molar-refractivity contribution is 8.00. The van der Waals surface area contributed by atoms with E-state index in [1.54, 1.807) is 31.2 Å². The van der Waals surface area contributed by atoms with Gasteiger partial charge in [-0.1, -0.05) is 35.5 Å². The van der Waals surface area contributed by atoms with Crippen LogP contribution in [0.2, 0.25) is 5.02 Å². The number of benzene rings is 1. The van der Waals surface area contributed by atoms with Crippen LogP contribution < -0.4 is 0 Å². The number of carbonyl (C=O) groups is 2. The van der Waals surface area contributed by atoms with Crippen molar-refractivity contribution in [2.45, 2.75) is 25.8 Å². The Morgan fingerprint density at radius 3 is 2.38 bits per heavy atom. The van der Waals surface area contributed by atoms with Gasteiger partial charge in [0.15, 0.2) is 5.78 Å². The molecule has 0 bridgehead atoms. The zero-order valence-corrected chi connectivity index (χ0v) is 15.1. The molecule has 24 heavy (non-hydrogen) atoms. The number of rotatable bonds is 5. The topological polar surface area (TPSA) is 70.8 Å². The summed E-state index contributed by atoms with van der Waals surface area (Å²) in [4.78, 5) is 27.8. The van der Waals surface area contributed by atoms with Crippen molar-refractivity contribution in [2.24, 2.45) is 0 Å². The van der Waals surface area contributed by atoms with Gasteiger partial charge in [-0.2, -0.15) is 5.26 Å². The van der Waals surface area contributed by atoms with E-state index >= 15 is 0 Å². The second kappa shape index (κ2) is 7.61. The highest BCUT2D eigenvalue weighted by Gasteiger charge is 2.22. The molecule has 0 N–H and O–H groups in total. The number of carbonyl (C=O) groups excluding carboxylic acids is 2. The molecule has 2 rings (SSSR count). The Kier molecular flexibility index (Phi) is 5.76. The number of halogens is 1. The maximum atomic E-state index is 12.1.